The average molecular weight is 391 g/mol. The van der Waals surface area contributed by atoms with E-state index in [-0.39, 0.29) is 10.3 Å². The molecule has 0 radical (unpaired) electrons. The van der Waals surface area contributed by atoms with Crippen LogP contribution in [0, 0.1) is 0 Å². The van der Waals surface area contributed by atoms with Gasteiger partial charge in [-0.15, -0.1) is 11.6 Å². The Kier molecular flexibility index (Phi) is 8.77. The van der Waals surface area contributed by atoms with E-state index in [1.807, 2.05) is 6.08 Å². The Hall–Kier alpha value is 0.460. The van der Waals surface area contributed by atoms with E-state index < -0.39 is 0 Å². The molecule has 0 N–H and O–H groups in total. The summed E-state index contributed by atoms with van der Waals surface area (Å²) in [6.07, 6.45) is 3.77. The molecule has 0 aliphatic carbocycles. The van der Waals surface area contributed by atoms with Gasteiger partial charge in [0.25, 0.3) is 0 Å². The number of carbonyl (C=O) groups excluding carboxylic acids is 1. The number of allylic oxidation sites excluding steroid dienone is 1. The molecule has 5 heteroatoms. The maximum Gasteiger partial charge on any atom is 0.302 e. The predicted octanol–water partition coefficient (Wildman–Crippen LogP) is 4.43. The first-order valence-electron chi connectivity index (χ1n) is 5.47. The lowest BCUT2D eigenvalue weighted by Gasteiger charge is -2.23. The lowest BCUT2D eigenvalue weighted by Crippen LogP contribution is -2.24. The maximum atomic E-state index is 10.6. The molecule has 0 aliphatic rings. The molecule has 0 fully saturated rings. The van der Waals surface area contributed by atoms with Gasteiger partial charge in [-0.1, -0.05) is 37.4 Å². The van der Waals surface area contributed by atoms with Crippen molar-refractivity contribution in [1.29, 1.82) is 0 Å². The summed E-state index contributed by atoms with van der Waals surface area (Å²) >= 11 is 13.1. The minimum absolute atomic E-state index is 0.0559. The van der Waals surface area contributed by atoms with Crippen LogP contribution in [0.25, 0.3) is 0 Å². The summed E-state index contributed by atoms with van der Waals surface area (Å²) in [5, 5.41) is 0. The normalized spacial score (nSPS) is 14.6. The van der Waals surface area contributed by atoms with Gasteiger partial charge >= 0.3 is 5.97 Å². The molecule has 0 heterocycles. The van der Waals surface area contributed by atoms with Crippen molar-refractivity contribution in [3.63, 3.8) is 0 Å². The topological polar surface area (TPSA) is 26.3 Å². The molecule has 1 atom stereocenters. The van der Waals surface area contributed by atoms with Crippen molar-refractivity contribution in [1.82, 2.24) is 0 Å². The zero-order valence-electron chi connectivity index (χ0n) is 10.4. The summed E-state index contributed by atoms with van der Waals surface area (Å²) < 4.78 is 4.91. The number of esters is 1. The molecule has 0 bridgehead atoms. The third kappa shape index (κ3) is 9.09. The van der Waals surface area contributed by atoms with E-state index in [1.54, 1.807) is 0 Å². The van der Waals surface area contributed by atoms with Gasteiger partial charge in [0.2, 0.25) is 0 Å². The van der Waals surface area contributed by atoms with E-state index in [0.29, 0.717) is 17.3 Å². The smallest absolute Gasteiger partial charge is 0.302 e. The van der Waals surface area contributed by atoms with Gasteiger partial charge in [0, 0.05) is 22.0 Å². The van der Waals surface area contributed by atoms with Gasteiger partial charge in [-0.25, -0.2) is 0 Å². The number of alkyl halides is 3. The summed E-state index contributed by atoms with van der Waals surface area (Å²) in [6.45, 7) is 5.95. The SMILES string of the molecule is CC(=O)OC/C=C(\CCl)CCC(Br)C(C)(C)Br. The van der Waals surface area contributed by atoms with Gasteiger partial charge in [0.1, 0.15) is 6.61 Å². The molecular formula is C12H19Br2ClO2. The Bertz CT molecular complexity index is 272. The van der Waals surface area contributed by atoms with Crippen LogP contribution in [0.4, 0.5) is 0 Å². The molecule has 0 aromatic heterocycles. The Labute approximate surface area is 125 Å². The summed E-state index contributed by atoms with van der Waals surface area (Å²) in [5.74, 6) is 0.207. The first-order chi connectivity index (χ1) is 7.77. The van der Waals surface area contributed by atoms with Crippen LogP contribution in [0.3, 0.4) is 0 Å². The zero-order valence-corrected chi connectivity index (χ0v) is 14.4. The fourth-order valence-electron chi connectivity index (χ4n) is 1.16. The Balaban J connectivity index is 4.09. The fourth-order valence-corrected chi connectivity index (χ4v) is 1.86. The lowest BCUT2D eigenvalue weighted by atomic mass is 10.0. The first-order valence-corrected chi connectivity index (χ1v) is 7.72. The number of rotatable bonds is 7. The standard InChI is InChI=1S/C12H19Br2ClO2/c1-9(16)17-7-6-10(8-15)4-5-11(13)12(2,3)14/h6,11H,4-5,7-8H2,1-3H3/b10-6-. The Morgan fingerprint density at radius 3 is 2.53 bits per heavy atom. The molecule has 0 amide bonds. The molecule has 0 aromatic rings. The van der Waals surface area contributed by atoms with Crippen LogP contribution in [0.5, 0.6) is 0 Å². The summed E-state index contributed by atoms with van der Waals surface area (Å²) in [6, 6.07) is 0. The summed E-state index contributed by atoms with van der Waals surface area (Å²) in [7, 11) is 0. The predicted molar refractivity (Wildman–Crippen MR) is 80.4 cm³/mol. The van der Waals surface area contributed by atoms with Gasteiger partial charge < -0.3 is 4.74 Å². The van der Waals surface area contributed by atoms with Crippen molar-refractivity contribution < 1.29 is 9.53 Å². The van der Waals surface area contributed by atoms with Crippen LogP contribution in [-0.4, -0.2) is 27.6 Å². The molecule has 0 saturated heterocycles. The second-order valence-electron chi connectivity index (χ2n) is 4.37. The van der Waals surface area contributed by atoms with Gasteiger partial charge in [0.05, 0.1) is 0 Å². The summed E-state index contributed by atoms with van der Waals surface area (Å²) in [4.78, 5) is 11.0. The highest BCUT2D eigenvalue weighted by molar-refractivity contribution is 9.12. The number of halogens is 3. The number of carbonyl (C=O) groups is 1. The van der Waals surface area contributed by atoms with E-state index in [2.05, 4.69) is 45.7 Å². The highest BCUT2D eigenvalue weighted by Gasteiger charge is 2.23. The van der Waals surface area contributed by atoms with Gasteiger partial charge in [-0.3, -0.25) is 4.79 Å². The van der Waals surface area contributed by atoms with Crippen molar-refractivity contribution in [2.75, 3.05) is 12.5 Å². The quantitative estimate of drug-likeness (QED) is 0.365. The van der Waals surface area contributed by atoms with Crippen molar-refractivity contribution in [2.24, 2.45) is 0 Å². The third-order valence-corrected chi connectivity index (χ3v) is 5.41. The zero-order chi connectivity index (χ0) is 13.5. The van der Waals surface area contributed by atoms with Crippen molar-refractivity contribution in [3.8, 4) is 0 Å². The van der Waals surface area contributed by atoms with E-state index in [1.165, 1.54) is 6.92 Å². The van der Waals surface area contributed by atoms with Gasteiger partial charge in [-0.2, -0.15) is 0 Å². The van der Waals surface area contributed by atoms with Crippen molar-refractivity contribution >= 4 is 49.4 Å². The van der Waals surface area contributed by atoms with E-state index in [9.17, 15) is 4.79 Å². The van der Waals surface area contributed by atoms with E-state index in [0.717, 1.165) is 18.4 Å². The molecule has 100 valence electrons. The van der Waals surface area contributed by atoms with Crippen LogP contribution < -0.4 is 0 Å². The van der Waals surface area contributed by atoms with Crippen molar-refractivity contribution in [3.05, 3.63) is 11.6 Å². The molecule has 17 heavy (non-hydrogen) atoms. The maximum absolute atomic E-state index is 10.6. The van der Waals surface area contributed by atoms with E-state index in [4.69, 9.17) is 16.3 Å². The van der Waals surface area contributed by atoms with Crippen LogP contribution in [-0.2, 0) is 9.53 Å². The number of hydrogen-bond acceptors (Lipinski definition) is 2. The molecule has 0 saturated carbocycles. The first kappa shape index (κ1) is 17.5. The Morgan fingerprint density at radius 1 is 1.53 bits per heavy atom. The van der Waals surface area contributed by atoms with Crippen molar-refractivity contribution in [2.45, 2.75) is 42.8 Å². The minimum Gasteiger partial charge on any atom is -0.462 e. The summed E-state index contributed by atoms with van der Waals surface area (Å²) in [5.41, 5.74) is 1.11. The monoisotopic (exact) mass is 388 g/mol. The molecule has 1 unspecified atom stereocenters. The molecule has 0 spiro atoms. The largest absolute Gasteiger partial charge is 0.462 e. The van der Waals surface area contributed by atoms with Crippen LogP contribution in [0.15, 0.2) is 11.6 Å². The average Bonchev–Trinajstić information content (AvgIpc) is 2.20. The second-order valence-corrected chi connectivity index (χ2v) is 7.79. The van der Waals surface area contributed by atoms with Gasteiger partial charge in [0.15, 0.2) is 0 Å². The van der Waals surface area contributed by atoms with Crippen LogP contribution >= 0.6 is 43.5 Å². The van der Waals surface area contributed by atoms with E-state index >= 15 is 0 Å². The molecule has 0 aliphatic heterocycles. The molecule has 0 rings (SSSR count). The highest BCUT2D eigenvalue weighted by atomic mass is 79.9. The second kappa shape index (κ2) is 8.54. The molecule has 0 aromatic carbocycles. The minimum atomic E-state index is -0.268. The number of hydrogen-bond donors (Lipinski definition) is 0. The van der Waals surface area contributed by atoms with Gasteiger partial charge in [-0.05, 0) is 32.8 Å². The highest BCUT2D eigenvalue weighted by Crippen LogP contribution is 2.31. The van der Waals surface area contributed by atoms with Crippen LogP contribution in [0.1, 0.15) is 33.6 Å². The Morgan fingerprint density at radius 2 is 2.12 bits per heavy atom. The lowest BCUT2D eigenvalue weighted by molar-refractivity contribution is -0.139. The number of ether oxygens (including phenoxy) is 1. The molecule has 2 nitrogen and oxygen atoms in total. The van der Waals surface area contributed by atoms with Crippen LogP contribution in [0.2, 0.25) is 0 Å². The fraction of sp³-hybridized carbons (Fsp3) is 0.750. The third-order valence-electron chi connectivity index (χ3n) is 2.29. The molecular weight excluding hydrogens is 371 g/mol.